The van der Waals surface area contributed by atoms with Crippen LogP contribution in [-0.4, -0.2) is 27.7 Å². The number of hydrogen-bond donors (Lipinski definition) is 0. The summed E-state index contributed by atoms with van der Waals surface area (Å²) in [5.41, 5.74) is 1.26. The number of ketones is 1. The van der Waals surface area contributed by atoms with Crippen molar-refractivity contribution >= 4 is 5.78 Å². The molecule has 0 aliphatic heterocycles. The number of hydrogen-bond acceptors (Lipinski definition) is 4. The first kappa shape index (κ1) is 14.2. The van der Waals surface area contributed by atoms with Gasteiger partial charge in [0.25, 0.3) is 0 Å². The average molecular weight is 273 g/mol. The lowest BCUT2D eigenvalue weighted by Crippen LogP contribution is -2.09. The molecule has 2 rings (SSSR count). The van der Waals surface area contributed by atoms with Crippen LogP contribution in [0.4, 0.5) is 0 Å². The molecule has 0 amide bonds. The van der Waals surface area contributed by atoms with Crippen LogP contribution in [-0.2, 0) is 6.42 Å². The van der Waals surface area contributed by atoms with Crippen molar-refractivity contribution < 1.29 is 9.53 Å². The Labute approximate surface area is 118 Å². The van der Waals surface area contributed by atoms with Gasteiger partial charge < -0.3 is 4.74 Å². The van der Waals surface area contributed by atoms with Crippen LogP contribution in [0.5, 0.6) is 5.88 Å². The maximum atomic E-state index is 12.3. The number of Topliss-reactive ketones (excluding diaryl/α,β-unsaturated/α-hetero) is 1. The molecule has 0 fully saturated rings. The van der Waals surface area contributed by atoms with Crippen molar-refractivity contribution in [1.82, 2.24) is 14.8 Å². The fourth-order valence-electron chi connectivity index (χ4n) is 1.93. The van der Waals surface area contributed by atoms with Crippen molar-refractivity contribution in [2.45, 2.75) is 32.7 Å². The van der Waals surface area contributed by atoms with Gasteiger partial charge in [-0.1, -0.05) is 6.92 Å². The van der Waals surface area contributed by atoms with Gasteiger partial charge in [-0.15, -0.1) is 0 Å². The maximum Gasteiger partial charge on any atom is 0.224 e. The second-order valence-electron chi connectivity index (χ2n) is 4.70. The molecule has 0 saturated carbocycles. The first-order chi connectivity index (χ1) is 9.65. The average Bonchev–Trinajstić information content (AvgIpc) is 2.94. The van der Waals surface area contributed by atoms with Crippen molar-refractivity contribution in [2.24, 2.45) is 0 Å². The highest BCUT2D eigenvalue weighted by atomic mass is 16.5. The Balaban J connectivity index is 2.13. The maximum absolute atomic E-state index is 12.3. The Morgan fingerprint density at radius 1 is 1.45 bits per heavy atom. The van der Waals surface area contributed by atoms with Crippen LogP contribution in [0.1, 0.15) is 42.4 Å². The van der Waals surface area contributed by atoms with E-state index in [4.69, 9.17) is 4.74 Å². The van der Waals surface area contributed by atoms with Gasteiger partial charge >= 0.3 is 0 Å². The lowest BCUT2D eigenvalue weighted by atomic mass is 10.1. The van der Waals surface area contributed by atoms with Crippen LogP contribution in [0, 0.1) is 0 Å². The van der Waals surface area contributed by atoms with Crippen molar-refractivity contribution in [3.05, 3.63) is 41.9 Å². The zero-order valence-corrected chi connectivity index (χ0v) is 12.0. The summed E-state index contributed by atoms with van der Waals surface area (Å²) in [5.74, 6) is 0.322. The van der Waals surface area contributed by atoms with Gasteiger partial charge in [-0.05, 0) is 31.5 Å². The fraction of sp³-hybridized carbons (Fsp3) is 0.400. The van der Waals surface area contributed by atoms with Gasteiger partial charge in [0.05, 0.1) is 24.8 Å². The minimum absolute atomic E-state index is 0.0376. The van der Waals surface area contributed by atoms with E-state index in [1.807, 2.05) is 16.9 Å². The van der Waals surface area contributed by atoms with Crippen molar-refractivity contribution in [3.8, 4) is 5.88 Å². The van der Waals surface area contributed by atoms with E-state index in [2.05, 4.69) is 23.9 Å². The van der Waals surface area contributed by atoms with E-state index in [-0.39, 0.29) is 12.2 Å². The van der Waals surface area contributed by atoms with Gasteiger partial charge in [-0.3, -0.25) is 9.48 Å². The van der Waals surface area contributed by atoms with Crippen LogP contribution in [0.25, 0.3) is 0 Å². The molecule has 0 bridgehead atoms. The molecule has 2 heterocycles. The molecule has 2 aromatic heterocycles. The third-order valence-corrected chi connectivity index (χ3v) is 3.31. The molecule has 106 valence electrons. The molecule has 0 aromatic carbocycles. The normalized spacial score (nSPS) is 12.2. The number of methoxy groups -OCH3 is 1. The largest absolute Gasteiger partial charge is 0.480 e. The Morgan fingerprint density at radius 3 is 2.95 bits per heavy atom. The Morgan fingerprint density at radius 2 is 2.25 bits per heavy atom. The summed E-state index contributed by atoms with van der Waals surface area (Å²) in [5, 5.41) is 4.44. The molecule has 2 aromatic rings. The van der Waals surface area contributed by atoms with E-state index in [1.165, 1.54) is 7.11 Å². The lowest BCUT2D eigenvalue weighted by Gasteiger charge is -2.08. The van der Waals surface area contributed by atoms with Crippen molar-refractivity contribution in [1.29, 1.82) is 0 Å². The topological polar surface area (TPSA) is 57.0 Å². The molecule has 1 unspecified atom stereocenters. The van der Waals surface area contributed by atoms with Crippen LogP contribution >= 0.6 is 0 Å². The molecule has 20 heavy (non-hydrogen) atoms. The number of rotatable bonds is 6. The van der Waals surface area contributed by atoms with E-state index in [0.29, 0.717) is 17.5 Å². The summed E-state index contributed by atoms with van der Waals surface area (Å²) in [4.78, 5) is 16.3. The van der Waals surface area contributed by atoms with E-state index in [1.54, 1.807) is 18.3 Å². The summed E-state index contributed by atoms with van der Waals surface area (Å²) in [6.07, 6.45) is 4.78. The van der Waals surface area contributed by atoms with E-state index in [9.17, 15) is 4.79 Å². The fourth-order valence-corrected chi connectivity index (χ4v) is 1.93. The molecular formula is C15H19N3O2. The summed E-state index contributed by atoms with van der Waals surface area (Å²) in [6, 6.07) is 5.67. The molecular weight excluding hydrogens is 254 g/mol. The summed E-state index contributed by atoms with van der Waals surface area (Å²) in [7, 11) is 1.51. The second kappa shape index (κ2) is 6.32. The highest BCUT2D eigenvalue weighted by Crippen LogP contribution is 2.17. The second-order valence-corrected chi connectivity index (χ2v) is 4.70. The lowest BCUT2D eigenvalue weighted by molar-refractivity contribution is 0.0988. The minimum atomic E-state index is -0.0376. The van der Waals surface area contributed by atoms with Gasteiger partial charge in [0.2, 0.25) is 5.88 Å². The number of ether oxygens (including phenoxy) is 1. The highest BCUT2D eigenvalue weighted by molar-refractivity contribution is 5.99. The smallest absolute Gasteiger partial charge is 0.224 e. The zero-order chi connectivity index (χ0) is 14.5. The molecule has 0 N–H and O–H groups in total. The summed E-state index contributed by atoms with van der Waals surface area (Å²) >= 11 is 0. The Hall–Kier alpha value is -2.17. The monoisotopic (exact) mass is 273 g/mol. The molecule has 0 radical (unpaired) electrons. The number of nitrogens with zero attached hydrogens (tertiary/aromatic N) is 3. The first-order valence-electron chi connectivity index (χ1n) is 6.72. The van der Waals surface area contributed by atoms with Gasteiger partial charge in [-0.25, -0.2) is 4.98 Å². The predicted octanol–water partition coefficient (Wildman–Crippen LogP) is 2.68. The summed E-state index contributed by atoms with van der Waals surface area (Å²) < 4.78 is 7.00. The third-order valence-electron chi connectivity index (χ3n) is 3.31. The van der Waals surface area contributed by atoms with Gasteiger partial charge in [0.1, 0.15) is 0 Å². The van der Waals surface area contributed by atoms with Crippen molar-refractivity contribution in [3.63, 3.8) is 0 Å². The molecule has 0 spiro atoms. The third kappa shape index (κ3) is 3.04. The molecule has 0 saturated heterocycles. The number of carbonyl (C=O) groups excluding carboxylic acids is 1. The standard InChI is InChI=1S/C15H19N3O2/c1-4-11(2)18-9-7-12(17-18)10-14(19)13-6-5-8-16-15(13)20-3/h5-9,11H,4,10H2,1-3H3. The van der Waals surface area contributed by atoms with Gasteiger partial charge in [0, 0.05) is 18.4 Å². The minimum Gasteiger partial charge on any atom is -0.480 e. The van der Waals surface area contributed by atoms with E-state index >= 15 is 0 Å². The molecule has 1 atom stereocenters. The Kier molecular flexibility index (Phi) is 4.50. The van der Waals surface area contributed by atoms with E-state index in [0.717, 1.165) is 12.1 Å². The van der Waals surface area contributed by atoms with E-state index < -0.39 is 0 Å². The molecule has 5 nitrogen and oxygen atoms in total. The highest BCUT2D eigenvalue weighted by Gasteiger charge is 2.15. The molecule has 0 aliphatic carbocycles. The molecule has 0 aliphatic rings. The first-order valence-corrected chi connectivity index (χ1v) is 6.72. The van der Waals surface area contributed by atoms with Crippen molar-refractivity contribution in [2.75, 3.05) is 7.11 Å². The SMILES string of the molecule is CCC(C)n1ccc(CC(=O)c2cccnc2OC)n1. The van der Waals surface area contributed by atoms with Crippen LogP contribution < -0.4 is 4.74 Å². The quantitative estimate of drug-likeness (QED) is 0.759. The predicted molar refractivity (Wildman–Crippen MR) is 76.1 cm³/mol. The van der Waals surface area contributed by atoms with Crippen LogP contribution in [0.3, 0.4) is 0 Å². The number of carbonyl (C=O) groups is 1. The Bertz CT molecular complexity index is 592. The van der Waals surface area contributed by atoms with Crippen LogP contribution in [0.2, 0.25) is 0 Å². The zero-order valence-electron chi connectivity index (χ0n) is 12.0. The molecule has 5 heteroatoms. The van der Waals surface area contributed by atoms with Gasteiger partial charge in [-0.2, -0.15) is 5.10 Å². The van der Waals surface area contributed by atoms with Crippen LogP contribution in [0.15, 0.2) is 30.6 Å². The van der Waals surface area contributed by atoms with Gasteiger partial charge in [0.15, 0.2) is 5.78 Å². The number of pyridine rings is 1. The number of aromatic nitrogens is 3. The summed E-state index contributed by atoms with van der Waals surface area (Å²) in [6.45, 7) is 4.21.